The van der Waals surface area contributed by atoms with Crippen molar-refractivity contribution in [2.45, 2.75) is 31.1 Å². The number of nitrogens with zero attached hydrogens (tertiary/aromatic N) is 3. The number of halogens is 1. The van der Waals surface area contributed by atoms with Crippen LogP contribution in [0.5, 0.6) is 11.5 Å². The zero-order chi connectivity index (χ0) is 21.9. The Hall–Kier alpha value is -2.80. The summed E-state index contributed by atoms with van der Waals surface area (Å²) in [6.45, 7) is 4.39. The Labute approximate surface area is 192 Å². The summed E-state index contributed by atoms with van der Waals surface area (Å²) in [5.41, 5.74) is 2.91. The SMILES string of the molecule is CCc1cnc(N2CCC(COc3ccc(-c4ccc5c(c4)OCS5)cc3F)CC2)nc1. The molecule has 1 aromatic heterocycles. The summed E-state index contributed by atoms with van der Waals surface area (Å²) in [5.74, 6) is 2.66. The summed E-state index contributed by atoms with van der Waals surface area (Å²) in [6.07, 6.45) is 6.70. The smallest absolute Gasteiger partial charge is 0.225 e. The van der Waals surface area contributed by atoms with Crippen molar-refractivity contribution in [2.24, 2.45) is 5.92 Å². The number of benzene rings is 2. The molecule has 5 rings (SSSR count). The molecule has 0 radical (unpaired) electrons. The molecule has 0 N–H and O–H groups in total. The number of piperidine rings is 1. The predicted molar refractivity (Wildman–Crippen MR) is 125 cm³/mol. The van der Waals surface area contributed by atoms with Crippen LogP contribution in [0, 0.1) is 11.7 Å². The molecule has 0 saturated carbocycles. The first-order chi connectivity index (χ1) is 15.7. The third kappa shape index (κ3) is 4.53. The first kappa shape index (κ1) is 21.1. The third-order valence-electron chi connectivity index (χ3n) is 6.11. The molecule has 3 heterocycles. The maximum Gasteiger partial charge on any atom is 0.225 e. The minimum Gasteiger partial charge on any atom is -0.490 e. The Morgan fingerprint density at radius 3 is 2.59 bits per heavy atom. The Bertz CT molecular complexity index is 1090. The van der Waals surface area contributed by atoms with Crippen LogP contribution in [0.4, 0.5) is 10.3 Å². The zero-order valence-corrected chi connectivity index (χ0v) is 18.9. The van der Waals surface area contributed by atoms with Gasteiger partial charge in [0.1, 0.15) is 11.7 Å². The third-order valence-corrected chi connectivity index (χ3v) is 6.99. The minimum atomic E-state index is -0.333. The van der Waals surface area contributed by atoms with Gasteiger partial charge in [0.25, 0.3) is 0 Å². The van der Waals surface area contributed by atoms with E-state index in [1.165, 1.54) is 0 Å². The number of hydrogen-bond donors (Lipinski definition) is 0. The topological polar surface area (TPSA) is 47.5 Å². The van der Waals surface area contributed by atoms with Crippen LogP contribution in [0.1, 0.15) is 25.3 Å². The van der Waals surface area contributed by atoms with Gasteiger partial charge in [-0.15, -0.1) is 0 Å². The van der Waals surface area contributed by atoms with Gasteiger partial charge in [-0.25, -0.2) is 14.4 Å². The number of aromatic nitrogens is 2. The highest BCUT2D eigenvalue weighted by molar-refractivity contribution is 7.99. The highest BCUT2D eigenvalue weighted by Gasteiger charge is 2.22. The molecule has 0 unspecified atom stereocenters. The van der Waals surface area contributed by atoms with E-state index in [0.717, 1.165) is 65.6 Å². The summed E-state index contributed by atoms with van der Waals surface area (Å²) in [7, 11) is 0. The lowest BCUT2D eigenvalue weighted by molar-refractivity contribution is 0.215. The van der Waals surface area contributed by atoms with Crippen molar-refractivity contribution in [1.82, 2.24) is 9.97 Å². The maximum atomic E-state index is 14.7. The van der Waals surface area contributed by atoms with E-state index in [4.69, 9.17) is 9.47 Å². The molecule has 32 heavy (non-hydrogen) atoms. The first-order valence-corrected chi connectivity index (χ1v) is 12.1. The van der Waals surface area contributed by atoms with E-state index < -0.39 is 0 Å². The van der Waals surface area contributed by atoms with Crippen molar-refractivity contribution in [2.75, 3.05) is 30.5 Å². The lowest BCUT2D eigenvalue weighted by Crippen LogP contribution is -2.36. The van der Waals surface area contributed by atoms with Crippen LogP contribution < -0.4 is 14.4 Å². The average molecular weight is 452 g/mol. The second kappa shape index (κ2) is 9.36. The molecule has 0 aliphatic carbocycles. The molecule has 7 heteroatoms. The highest BCUT2D eigenvalue weighted by atomic mass is 32.2. The fourth-order valence-electron chi connectivity index (χ4n) is 4.07. The van der Waals surface area contributed by atoms with E-state index in [0.29, 0.717) is 24.2 Å². The largest absolute Gasteiger partial charge is 0.490 e. The van der Waals surface area contributed by atoms with Crippen LogP contribution in [0.2, 0.25) is 0 Å². The van der Waals surface area contributed by atoms with Crippen LogP contribution >= 0.6 is 11.8 Å². The van der Waals surface area contributed by atoms with Crippen molar-refractivity contribution in [3.05, 3.63) is 60.2 Å². The first-order valence-electron chi connectivity index (χ1n) is 11.1. The Kier molecular flexibility index (Phi) is 6.17. The maximum absolute atomic E-state index is 14.7. The second-order valence-electron chi connectivity index (χ2n) is 8.20. The van der Waals surface area contributed by atoms with E-state index in [-0.39, 0.29) is 5.82 Å². The van der Waals surface area contributed by atoms with Gasteiger partial charge in [0.2, 0.25) is 5.95 Å². The second-order valence-corrected chi connectivity index (χ2v) is 9.16. The minimum absolute atomic E-state index is 0.308. The monoisotopic (exact) mass is 451 g/mol. The molecule has 0 bridgehead atoms. The molecule has 0 spiro atoms. The quantitative estimate of drug-likeness (QED) is 0.487. The van der Waals surface area contributed by atoms with Crippen molar-refractivity contribution < 1.29 is 13.9 Å². The number of hydrogen-bond acceptors (Lipinski definition) is 6. The molecule has 2 aliphatic heterocycles. The van der Waals surface area contributed by atoms with Gasteiger partial charge in [-0.3, -0.25) is 0 Å². The predicted octanol–water partition coefficient (Wildman–Crippen LogP) is 5.58. The molecule has 3 aromatic rings. The Morgan fingerprint density at radius 1 is 1.09 bits per heavy atom. The van der Waals surface area contributed by atoms with Crippen molar-refractivity contribution in [3.8, 4) is 22.6 Å². The standard InChI is InChI=1S/C25H26FN3O2S/c1-2-17-13-27-25(28-14-17)29-9-7-18(8-10-29)15-30-22-5-3-19(11-21(22)26)20-4-6-24-23(12-20)31-16-32-24/h3-6,11-14,18H,2,7-10,15-16H2,1H3. The van der Waals surface area contributed by atoms with Crippen LogP contribution in [-0.4, -0.2) is 35.6 Å². The molecule has 5 nitrogen and oxygen atoms in total. The zero-order valence-electron chi connectivity index (χ0n) is 18.1. The number of anilines is 1. The summed E-state index contributed by atoms with van der Waals surface area (Å²) in [5, 5.41) is 0. The molecule has 1 saturated heterocycles. The molecular formula is C25H26FN3O2S. The van der Waals surface area contributed by atoms with E-state index in [2.05, 4.69) is 21.8 Å². The highest BCUT2D eigenvalue weighted by Crippen LogP contribution is 2.39. The van der Waals surface area contributed by atoms with E-state index in [9.17, 15) is 4.39 Å². The number of aryl methyl sites for hydroxylation is 1. The molecule has 2 aromatic carbocycles. The lowest BCUT2D eigenvalue weighted by Gasteiger charge is -2.31. The van der Waals surface area contributed by atoms with E-state index in [1.54, 1.807) is 23.9 Å². The van der Waals surface area contributed by atoms with Crippen LogP contribution in [0.25, 0.3) is 11.1 Å². The molecular weight excluding hydrogens is 425 g/mol. The van der Waals surface area contributed by atoms with Crippen molar-refractivity contribution >= 4 is 17.7 Å². The van der Waals surface area contributed by atoms with E-state index in [1.807, 2.05) is 36.7 Å². The number of ether oxygens (including phenoxy) is 2. The van der Waals surface area contributed by atoms with Crippen molar-refractivity contribution in [1.29, 1.82) is 0 Å². The lowest BCUT2D eigenvalue weighted by atomic mass is 9.98. The Morgan fingerprint density at radius 2 is 1.84 bits per heavy atom. The van der Waals surface area contributed by atoms with Gasteiger partial charge in [-0.2, -0.15) is 0 Å². The van der Waals surface area contributed by atoms with Gasteiger partial charge in [0, 0.05) is 25.5 Å². The summed E-state index contributed by atoms with van der Waals surface area (Å²) in [6, 6.07) is 11.2. The fraction of sp³-hybridized carbons (Fsp3) is 0.360. The van der Waals surface area contributed by atoms with Gasteiger partial charge in [-0.05, 0) is 66.1 Å². The summed E-state index contributed by atoms with van der Waals surface area (Å²) in [4.78, 5) is 12.3. The molecule has 166 valence electrons. The van der Waals surface area contributed by atoms with Gasteiger partial charge >= 0.3 is 0 Å². The fourth-order valence-corrected chi connectivity index (χ4v) is 4.81. The van der Waals surface area contributed by atoms with Gasteiger partial charge in [0.05, 0.1) is 11.5 Å². The Balaban J connectivity index is 1.16. The average Bonchev–Trinajstić information content (AvgIpc) is 3.32. The molecule has 1 fully saturated rings. The molecule has 0 atom stereocenters. The summed E-state index contributed by atoms with van der Waals surface area (Å²) < 4.78 is 26.2. The van der Waals surface area contributed by atoms with Crippen LogP contribution in [0.3, 0.4) is 0 Å². The van der Waals surface area contributed by atoms with Crippen molar-refractivity contribution in [3.63, 3.8) is 0 Å². The van der Waals surface area contributed by atoms with Gasteiger partial charge in [-0.1, -0.05) is 30.8 Å². The molecule has 0 amide bonds. The normalized spacial score (nSPS) is 16.0. The van der Waals surface area contributed by atoms with E-state index >= 15 is 0 Å². The van der Waals surface area contributed by atoms with Gasteiger partial charge < -0.3 is 14.4 Å². The number of rotatable bonds is 6. The summed E-state index contributed by atoms with van der Waals surface area (Å²) >= 11 is 1.67. The number of thioether (sulfide) groups is 1. The van der Waals surface area contributed by atoms with Crippen LogP contribution in [0.15, 0.2) is 53.7 Å². The number of fused-ring (bicyclic) bond motifs is 1. The van der Waals surface area contributed by atoms with Crippen LogP contribution in [-0.2, 0) is 6.42 Å². The van der Waals surface area contributed by atoms with Gasteiger partial charge in [0.15, 0.2) is 11.6 Å². The molecule has 2 aliphatic rings.